The number of rotatable bonds is 5. The number of aliphatic carboxylic acids is 1. The van der Waals surface area contributed by atoms with Crippen LogP contribution in [0.5, 0.6) is 0 Å². The van der Waals surface area contributed by atoms with E-state index >= 15 is 0 Å². The molecule has 1 aromatic carbocycles. The van der Waals surface area contributed by atoms with Crippen LogP contribution < -0.4 is 5.32 Å². The number of carbonyl (C=O) groups is 1. The van der Waals surface area contributed by atoms with E-state index in [1.54, 1.807) is 0 Å². The van der Waals surface area contributed by atoms with Crippen LogP contribution in [-0.4, -0.2) is 22.6 Å². The van der Waals surface area contributed by atoms with E-state index in [2.05, 4.69) is 10.3 Å². The molecule has 2 N–H and O–H groups in total. The summed E-state index contributed by atoms with van der Waals surface area (Å²) in [7, 11) is 0. The van der Waals surface area contributed by atoms with E-state index in [4.69, 9.17) is 9.52 Å². The average molecular weight is 260 g/mol. The van der Waals surface area contributed by atoms with Gasteiger partial charge in [0.2, 0.25) is 0 Å². The first-order chi connectivity index (χ1) is 9.09. The van der Waals surface area contributed by atoms with Gasteiger partial charge in [0.25, 0.3) is 0 Å². The van der Waals surface area contributed by atoms with Crippen molar-refractivity contribution in [2.45, 2.75) is 26.3 Å². The molecule has 19 heavy (non-hydrogen) atoms. The van der Waals surface area contributed by atoms with E-state index in [9.17, 15) is 4.79 Å². The molecule has 0 spiro atoms. The van der Waals surface area contributed by atoms with Gasteiger partial charge in [-0.2, -0.15) is 0 Å². The first kappa shape index (κ1) is 12.2. The van der Waals surface area contributed by atoms with Crippen LogP contribution in [0.15, 0.2) is 22.6 Å². The van der Waals surface area contributed by atoms with Gasteiger partial charge in [0.05, 0.1) is 5.41 Å². The first-order valence-corrected chi connectivity index (χ1v) is 6.39. The summed E-state index contributed by atoms with van der Waals surface area (Å²) in [6, 6.07) is 5.85. The van der Waals surface area contributed by atoms with Crippen molar-refractivity contribution in [2.24, 2.45) is 5.41 Å². The van der Waals surface area contributed by atoms with Crippen molar-refractivity contribution in [1.29, 1.82) is 0 Å². The highest BCUT2D eigenvalue weighted by Crippen LogP contribution is 2.45. The average Bonchev–Trinajstić information content (AvgIpc) is 3.05. The third-order valence-electron chi connectivity index (χ3n) is 3.66. The minimum absolute atomic E-state index is 0.521. The van der Waals surface area contributed by atoms with Crippen molar-refractivity contribution >= 4 is 17.1 Å². The fraction of sp³-hybridized carbons (Fsp3) is 0.429. The number of carboxylic acid groups (broad SMARTS) is 1. The second kappa shape index (κ2) is 4.35. The minimum Gasteiger partial charge on any atom is -0.481 e. The molecule has 2 aromatic rings. The lowest BCUT2D eigenvalue weighted by Crippen LogP contribution is -2.29. The number of aromatic nitrogens is 1. The van der Waals surface area contributed by atoms with Crippen molar-refractivity contribution < 1.29 is 14.3 Å². The van der Waals surface area contributed by atoms with Crippen LogP contribution >= 0.6 is 0 Å². The Kier molecular flexibility index (Phi) is 2.78. The van der Waals surface area contributed by atoms with Crippen molar-refractivity contribution in [2.75, 3.05) is 6.54 Å². The molecule has 100 valence electrons. The molecule has 0 unspecified atom stereocenters. The van der Waals surface area contributed by atoms with Crippen LogP contribution in [0.25, 0.3) is 11.1 Å². The maximum absolute atomic E-state index is 11.0. The molecule has 0 atom stereocenters. The van der Waals surface area contributed by atoms with Gasteiger partial charge in [-0.3, -0.25) is 4.79 Å². The smallest absolute Gasteiger partial charge is 0.310 e. The molecule has 1 aliphatic carbocycles. The van der Waals surface area contributed by atoms with Gasteiger partial charge in [-0.05, 0) is 30.5 Å². The van der Waals surface area contributed by atoms with Gasteiger partial charge in [0.1, 0.15) is 5.52 Å². The van der Waals surface area contributed by atoms with Crippen LogP contribution in [-0.2, 0) is 11.3 Å². The molecular formula is C14H16N2O3. The number of hydrogen-bond acceptors (Lipinski definition) is 4. The summed E-state index contributed by atoms with van der Waals surface area (Å²) in [4.78, 5) is 15.3. The summed E-state index contributed by atoms with van der Waals surface area (Å²) < 4.78 is 5.47. The summed E-state index contributed by atoms with van der Waals surface area (Å²) in [5.74, 6) is -0.0377. The molecule has 1 saturated carbocycles. The number of nitrogens with zero attached hydrogens (tertiary/aromatic N) is 1. The number of nitrogens with one attached hydrogen (secondary N) is 1. The number of carboxylic acids is 1. The van der Waals surface area contributed by atoms with Crippen molar-refractivity contribution in [3.63, 3.8) is 0 Å². The molecule has 0 aliphatic heterocycles. The second-order valence-corrected chi connectivity index (χ2v) is 5.22. The minimum atomic E-state index is -0.693. The number of aryl methyl sites for hydroxylation is 1. The molecule has 1 heterocycles. The zero-order valence-corrected chi connectivity index (χ0v) is 10.8. The summed E-state index contributed by atoms with van der Waals surface area (Å²) in [5.41, 5.74) is 2.18. The molecule has 0 amide bonds. The Labute approximate surface area is 110 Å². The van der Waals surface area contributed by atoms with Crippen LogP contribution in [0.2, 0.25) is 0 Å². The number of fused-ring (bicyclic) bond motifs is 1. The van der Waals surface area contributed by atoms with Crippen LogP contribution in [0.3, 0.4) is 0 Å². The zero-order valence-electron chi connectivity index (χ0n) is 10.8. The lowest BCUT2D eigenvalue weighted by atomic mass is 10.1. The largest absolute Gasteiger partial charge is 0.481 e. The van der Waals surface area contributed by atoms with Crippen molar-refractivity contribution in [3.8, 4) is 0 Å². The Balaban J connectivity index is 1.64. The predicted molar refractivity (Wildman–Crippen MR) is 69.8 cm³/mol. The van der Waals surface area contributed by atoms with Gasteiger partial charge in [-0.15, -0.1) is 0 Å². The van der Waals surface area contributed by atoms with Crippen molar-refractivity contribution in [3.05, 3.63) is 29.7 Å². The maximum atomic E-state index is 11.0. The molecular weight excluding hydrogens is 244 g/mol. The van der Waals surface area contributed by atoms with E-state index in [1.807, 2.05) is 25.1 Å². The molecule has 0 radical (unpaired) electrons. The lowest BCUT2D eigenvalue weighted by Gasteiger charge is -2.10. The summed E-state index contributed by atoms with van der Waals surface area (Å²) >= 11 is 0. The van der Waals surface area contributed by atoms with Gasteiger partial charge in [-0.25, -0.2) is 4.98 Å². The molecule has 3 rings (SSSR count). The molecule has 0 bridgehead atoms. The standard InChI is InChI=1S/C14H16N2O3/c1-9-16-11-3-2-10(6-12(11)19-9)7-15-8-14(4-5-14)13(17)18/h2-3,6,15H,4-5,7-8H2,1H3,(H,17,18). The molecule has 5 heteroatoms. The number of oxazole rings is 1. The third kappa shape index (κ3) is 2.33. The Morgan fingerprint density at radius 1 is 1.53 bits per heavy atom. The Morgan fingerprint density at radius 3 is 3.00 bits per heavy atom. The highest BCUT2D eigenvalue weighted by molar-refractivity contribution is 5.78. The number of benzene rings is 1. The van der Waals surface area contributed by atoms with Crippen molar-refractivity contribution in [1.82, 2.24) is 10.3 Å². The zero-order chi connectivity index (χ0) is 13.5. The Bertz CT molecular complexity index is 629. The highest BCUT2D eigenvalue weighted by atomic mass is 16.4. The highest BCUT2D eigenvalue weighted by Gasteiger charge is 2.49. The van der Waals surface area contributed by atoms with E-state index in [-0.39, 0.29) is 0 Å². The quantitative estimate of drug-likeness (QED) is 0.861. The van der Waals surface area contributed by atoms with Crippen LogP contribution in [0.4, 0.5) is 0 Å². The lowest BCUT2D eigenvalue weighted by molar-refractivity contribution is -0.143. The summed E-state index contributed by atoms with van der Waals surface area (Å²) in [6.45, 7) is 2.99. The first-order valence-electron chi connectivity index (χ1n) is 6.39. The number of hydrogen-bond donors (Lipinski definition) is 2. The monoisotopic (exact) mass is 260 g/mol. The normalized spacial score (nSPS) is 16.7. The Hall–Kier alpha value is -1.88. The van der Waals surface area contributed by atoms with Gasteiger partial charge < -0.3 is 14.8 Å². The Morgan fingerprint density at radius 2 is 2.32 bits per heavy atom. The molecule has 0 saturated heterocycles. The fourth-order valence-electron chi connectivity index (χ4n) is 2.26. The van der Waals surface area contributed by atoms with E-state index < -0.39 is 11.4 Å². The van der Waals surface area contributed by atoms with Crippen LogP contribution in [0.1, 0.15) is 24.3 Å². The maximum Gasteiger partial charge on any atom is 0.310 e. The molecule has 1 aromatic heterocycles. The molecule has 1 aliphatic rings. The SMILES string of the molecule is Cc1nc2ccc(CNCC3(C(=O)O)CC3)cc2o1. The van der Waals surface area contributed by atoms with E-state index in [0.29, 0.717) is 19.0 Å². The third-order valence-corrected chi connectivity index (χ3v) is 3.66. The van der Waals surface area contributed by atoms with Gasteiger partial charge >= 0.3 is 5.97 Å². The van der Waals surface area contributed by atoms with E-state index in [0.717, 1.165) is 29.5 Å². The fourth-order valence-corrected chi connectivity index (χ4v) is 2.26. The van der Waals surface area contributed by atoms with Crippen LogP contribution in [0, 0.1) is 12.3 Å². The predicted octanol–water partition coefficient (Wildman–Crippen LogP) is 2.09. The van der Waals surface area contributed by atoms with Gasteiger partial charge in [0, 0.05) is 20.0 Å². The molecule has 5 nitrogen and oxygen atoms in total. The van der Waals surface area contributed by atoms with E-state index in [1.165, 1.54) is 0 Å². The summed E-state index contributed by atoms with van der Waals surface area (Å²) in [5, 5.41) is 12.3. The topological polar surface area (TPSA) is 75.4 Å². The second-order valence-electron chi connectivity index (χ2n) is 5.22. The van der Waals surface area contributed by atoms with Gasteiger partial charge in [-0.1, -0.05) is 6.07 Å². The summed E-state index contributed by atoms with van der Waals surface area (Å²) in [6.07, 6.45) is 1.55. The molecule has 1 fully saturated rings. The van der Waals surface area contributed by atoms with Gasteiger partial charge in [0.15, 0.2) is 11.5 Å².